The quantitative estimate of drug-likeness (QED) is 0.659. The molecule has 98 valence electrons. The van der Waals surface area contributed by atoms with E-state index in [2.05, 4.69) is 10.6 Å². The van der Waals surface area contributed by atoms with Gasteiger partial charge in [-0.1, -0.05) is 6.92 Å². The molecule has 17 heavy (non-hydrogen) atoms. The average molecular weight is 242 g/mol. The predicted octanol–water partition coefficient (Wildman–Crippen LogP) is 0.601. The summed E-state index contributed by atoms with van der Waals surface area (Å²) in [6.45, 7) is 6.66. The van der Waals surface area contributed by atoms with E-state index in [0.717, 1.165) is 13.0 Å². The van der Waals surface area contributed by atoms with Gasteiger partial charge in [-0.25, -0.2) is 0 Å². The summed E-state index contributed by atoms with van der Waals surface area (Å²) in [6.07, 6.45) is 1.45. The smallest absolute Gasteiger partial charge is 0.309 e. The van der Waals surface area contributed by atoms with Crippen LogP contribution >= 0.6 is 0 Å². The van der Waals surface area contributed by atoms with Crippen molar-refractivity contribution in [2.24, 2.45) is 11.3 Å². The molecule has 0 saturated carbocycles. The van der Waals surface area contributed by atoms with Gasteiger partial charge in [-0.3, -0.25) is 9.59 Å². The molecule has 0 aromatic heterocycles. The number of amides is 1. The number of nitrogens with one attached hydrogen (secondary N) is 2. The molecule has 0 aromatic rings. The molecular formula is C12H22N2O3. The maximum Gasteiger partial charge on any atom is 0.309 e. The third-order valence-corrected chi connectivity index (χ3v) is 3.44. The molecular weight excluding hydrogens is 220 g/mol. The highest BCUT2D eigenvalue weighted by Gasteiger charge is 2.30. The van der Waals surface area contributed by atoms with E-state index in [1.807, 2.05) is 6.92 Å². The molecule has 3 N–H and O–H groups in total. The lowest BCUT2D eigenvalue weighted by Crippen LogP contribution is -2.44. The van der Waals surface area contributed by atoms with E-state index >= 15 is 0 Å². The zero-order chi connectivity index (χ0) is 13.1. The number of aliphatic carboxylic acids is 1. The minimum atomic E-state index is -0.834. The molecule has 1 aliphatic rings. The van der Waals surface area contributed by atoms with Crippen LogP contribution in [0.25, 0.3) is 0 Å². The summed E-state index contributed by atoms with van der Waals surface area (Å²) in [5, 5.41) is 14.9. The SMILES string of the molecule is CC1CCNC1C(=O)NCCC(C)(C)C(=O)O. The number of carbonyl (C=O) groups is 2. The van der Waals surface area contributed by atoms with Gasteiger partial charge < -0.3 is 15.7 Å². The van der Waals surface area contributed by atoms with E-state index in [9.17, 15) is 9.59 Å². The Kier molecular flexibility index (Phi) is 4.51. The van der Waals surface area contributed by atoms with Gasteiger partial charge in [0.25, 0.3) is 0 Å². The van der Waals surface area contributed by atoms with Crippen molar-refractivity contribution in [2.45, 2.75) is 39.7 Å². The van der Waals surface area contributed by atoms with Crippen LogP contribution in [0.2, 0.25) is 0 Å². The van der Waals surface area contributed by atoms with Gasteiger partial charge in [0, 0.05) is 6.54 Å². The van der Waals surface area contributed by atoms with Crippen LogP contribution in [0.5, 0.6) is 0 Å². The molecule has 5 nitrogen and oxygen atoms in total. The van der Waals surface area contributed by atoms with Gasteiger partial charge in [0.2, 0.25) is 5.91 Å². The number of rotatable bonds is 5. The molecule has 1 aliphatic heterocycles. The largest absolute Gasteiger partial charge is 0.481 e. The van der Waals surface area contributed by atoms with Crippen LogP contribution in [0.3, 0.4) is 0 Å². The molecule has 0 bridgehead atoms. The van der Waals surface area contributed by atoms with E-state index in [1.54, 1.807) is 13.8 Å². The zero-order valence-corrected chi connectivity index (χ0v) is 10.7. The fourth-order valence-electron chi connectivity index (χ4n) is 1.90. The topological polar surface area (TPSA) is 78.4 Å². The van der Waals surface area contributed by atoms with Gasteiger partial charge in [0.05, 0.1) is 11.5 Å². The van der Waals surface area contributed by atoms with E-state index < -0.39 is 11.4 Å². The maximum atomic E-state index is 11.8. The van der Waals surface area contributed by atoms with Gasteiger partial charge in [0.15, 0.2) is 0 Å². The van der Waals surface area contributed by atoms with Crippen molar-refractivity contribution >= 4 is 11.9 Å². The van der Waals surface area contributed by atoms with Gasteiger partial charge in [-0.2, -0.15) is 0 Å². The van der Waals surface area contributed by atoms with Gasteiger partial charge in [0.1, 0.15) is 0 Å². The van der Waals surface area contributed by atoms with Crippen molar-refractivity contribution in [2.75, 3.05) is 13.1 Å². The fourth-order valence-corrected chi connectivity index (χ4v) is 1.90. The first-order chi connectivity index (χ1) is 7.84. The highest BCUT2D eigenvalue weighted by Crippen LogP contribution is 2.19. The molecule has 2 atom stereocenters. The Labute approximate surface area is 102 Å². The van der Waals surface area contributed by atoms with Crippen LogP contribution in [0.4, 0.5) is 0 Å². The van der Waals surface area contributed by atoms with Crippen LogP contribution < -0.4 is 10.6 Å². The summed E-state index contributed by atoms with van der Waals surface area (Å²) in [7, 11) is 0. The van der Waals surface area contributed by atoms with E-state index in [-0.39, 0.29) is 11.9 Å². The summed E-state index contributed by atoms with van der Waals surface area (Å²) < 4.78 is 0. The number of hydrogen-bond donors (Lipinski definition) is 3. The highest BCUT2D eigenvalue weighted by atomic mass is 16.4. The lowest BCUT2D eigenvalue weighted by atomic mass is 9.89. The maximum absolute atomic E-state index is 11.8. The van der Waals surface area contributed by atoms with Crippen molar-refractivity contribution in [1.29, 1.82) is 0 Å². The number of carboxylic acid groups (broad SMARTS) is 1. The normalized spacial score (nSPS) is 24.6. The summed E-state index contributed by atoms with van der Waals surface area (Å²) in [5.41, 5.74) is -0.790. The van der Waals surface area contributed by atoms with Crippen molar-refractivity contribution in [3.63, 3.8) is 0 Å². The van der Waals surface area contributed by atoms with Crippen molar-refractivity contribution in [1.82, 2.24) is 10.6 Å². The summed E-state index contributed by atoms with van der Waals surface area (Å²) >= 11 is 0. The Morgan fingerprint density at radius 2 is 2.12 bits per heavy atom. The molecule has 0 aromatic carbocycles. The van der Waals surface area contributed by atoms with Crippen molar-refractivity contribution in [3.05, 3.63) is 0 Å². The van der Waals surface area contributed by atoms with Crippen LogP contribution in [0.15, 0.2) is 0 Å². The van der Waals surface area contributed by atoms with E-state index in [4.69, 9.17) is 5.11 Å². The average Bonchev–Trinajstić information content (AvgIpc) is 2.63. The molecule has 5 heteroatoms. The minimum Gasteiger partial charge on any atom is -0.481 e. The highest BCUT2D eigenvalue weighted by molar-refractivity contribution is 5.82. The number of hydrogen-bond acceptors (Lipinski definition) is 3. The first-order valence-corrected chi connectivity index (χ1v) is 6.09. The first kappa shape index (κ1) is 14.0. The molecule has 0 radical (unpaired) electrons. The molecule has 0 spiro atoms. The lowest BCUT2D eigenvalue weighted by Gasteiger charge is -2.20. The Balaban J connectivity index is 2.32. The standard InChI is InChI=1S/C12H22N2O3/c1-8-4-6-13-9(8)10(15)14-7-5-12(2,3)11(16)17/h8-9,13H,4-7H2,1-3H3,(H,14,15)(H,16,17). The number of carboxylic acids is 1. The van der Waals surface area contributed by atoms with Crippen LogP contribution in [-0.4, -0.2) is 36.1 Å². The van der Waals surface area contributed by atoms with Crippen LogP contribution in [0, 0.1) is 11.3 Å². The Morgan fingerprint density at radius 1 is 1.47 bits per heavy atom. The van der Waals surface area contributed by atoms with Crippen molar-refractivity contribution < 1.29 is 14.7 Å². The van der Waals surface area contributed by atoms with E-state index in [0.29, 0.717) is 18.9 Å². The van der Waals surface area contributed by atoms with Gasteiger partial charge in [-0.15, -0.1) is 0 Å². The molecule has 0 aliphatic carbocycles. The second-order valence-corrected chi connectivity index (χ2v) is 5.43. The molecule has 1 fully saturated rings. The molecule has 2 unspecified atom stereocenters. The summed E-state index contributed by atoms with van der Waals surface area (Å²) in [5.74, 6) is -0.502. The minimum absolute atomic E-state index is 0.0174. The summed E-state index contributed by atoms with van der Waals surface area (Å²) in [4.78, 5) is 22.7. The second kappa shape index (κ2) is 5.49. The predicted molar refractivity (Wildman–Crippen MR) is 64.6 cm³/mol. The molecule has 1 rings (SSSR count). The Hall–Kier alpha value is -1.10. The van der Waals surface area contributed by atoms with Crippen molar-refractivity contribution in [3.8, 4) is 0 Å². The van der Waals surface area contributed by atoms with E-state index in [1.165, 1.54) is 0 Å². The third-order valence-electron chi connectivity index (χ3n) is 3.44. The monoisotopic (exact) mass is 242 g/mol. The van der Waals surface area contributed by atoms with Crippen LogP contribution in [-0.2, 0) is 9.59 Å². The Morgan fingerprint density at radius 3 is 2.59 bits per heavy atom. The second-order valence-electron chi connectivity index (χ2n) is 5.43. The summed E-state index contributed by atoms with van der Waals surface area (Å²) in [6, 6.07) is -0.122. The zero-order valence-electron chi connectivity index (χ0n) is 10.7. The van der Waals surface area contributed by atoms with Gasteiger partial charge >= 0.3 is 5.97 Å². The third kappa shape index (κ3) is 3.70. The van der Waals surface area contributed by atoms with Gasteiger partial charge in [-0.05, 0) is 39.2 Å². The first-order valence-electron chi connectivity index (χ1n) is 6.09. The lowest BCUT2D eigenvalue weighted by molar-refractivity contribution is -0.147. The number of carbonyl (C=O) groups excluding carboxylic acids is 1. The Bertz CT molecular complexity index is 302. The van der Waals surface area contributed by atoms with Crippen LogP contribution in [0.1, 0.15) is 33.6 Å². The fraction of sp³-hybridized carbons (Fsp3) is 0.833. The molecule has 1 saturated heterocycles. The molecule has 1 amide bonds. The molecule has 1 heterocycles.